The number of fused-ring (bicyclic) bond motifs is 3. The van der Waals surface area contributed by atoms with Crippen LogP contribution in [0.25, 0.3) is 38.5 Å². The Morgan fingerprint density at radius 3 is 2.37 bits per heavy atom. The van der Waals surface area contributed by atoms with E-state index in [0.29, 0.717) is 28.2 Å². The fourth-order valence-corrected chi connectivity index (χ4v) is 5.93. The summed E-state index contributed by atoms with van der Waals surface area (Å²) in [4.78, 5) is 17.4. The van der Waals surface area contributed by atoms with Gasteiger partial charge in [0, 0.05) is 32.8 Å². The fraction of sp³-hybridized carbons (Fsp3) is 0.0278. The minimum absolute atomic E-state index is 0. The van der Waals surface area contributed by atoms with Crippen LogP contribution in [-0.2, 0) is 26.5 Å². The number of pyridine rings is 1. The van der Waals surface area contributed by atoms with Gasteiger partial charge < -0.3 is 5.11 Å². The van der Waals surface area contributed by atoms with Crippen molar-refractivity contribution in [2.24, 2.45) is 0 Å². The largest absolute Gasteiger partial charge is 0.507 e. The summed E-state index contributed by atoms with van der Waals surface area (Å²) in [5.41, 5.74) is 7.81. The molecule has 0 fully saturated rings. The molecule has 4 aromatic carbocycles. The van der Waals surface area contributed by atoms with Crippen molar-refractivity contribution in [2.75, 3.05) is 0 Å². The molecule has 1 atom stereocenters. The molecule has 206 valence electrons. The normalized spacial score (nSPS) is 14.5. The maximum Gasteiger partial charge on any atom is 0.187 e. The van der Waals surface area contributed by atoms with Crippen molar-refractivity contribution in [1.29, 1.82) is 5.26 Å². The number of aromatic hydroxyl groups is 1. The summed E-state index contributed by atoms with van der Waals surface area (Å²) in [5, 5.41) is 20.6. The van der Waals surface area contributed by atoms with E-state index >= 15 is 0 Å². The second-order valence-corrected chi connectivity index (χ2v) is 9.96. The Morgan fingerprint density at radius 1 is 0.814 bits per heavy atom. The van der Waals surface area contributed by atoms with Crippen molar-refractivity contribution >= 4 is 5.69 Å². The Labute approximate surface area is 263 Å². The molecule has 0 bridgehead atoms. The summed E-state index contributed by atoms with van der Waals surface area (Å²) in [6, 6.07) is 37.9. The standard InChI is InChI=1S/C36H20N5O.Pt/c1-38-26-13-15-28-27-14-12-23(21-37)18-30(27)36(31(28)20-26,25-7-4-6-24(19-25)32-16-17-39-22-40-32)35-11-5-9-33(41-35)29-8-2-3-10-34(29)42;/h2-18,20,22,42H;/q-1;. The van der Waals surface area contributed by atoms with Crippen LogP contribution in [-0.4, -0.2) is 20.1 Å². The van der Waals surface area contributed by atoms with Crippen molar-refractivity contribution in [3.05, 3.63) is 161 Å². The zero-order valence-electron chi connectivity index (χ0n) is 22.5. The Kier molecular flexibility index (Phi) is 7.16. The van der Waals surface area contributed by atoms with Gasteiger partial charge in [0.1, 0.15) is 12.1 Å². The third-order valence-corrected chi connectivity index (χ3v) is 7.75. The summed E-state index contributed by atoms with van der Waals surface area (Å²) in [7, 11) is 0. The molecule has 43 heavy (non-hydrogen) atoms. The molecule has 0 radical (unpaired) electrons. The van der Waals surface area contributed by atoms with Crippen molar-refractivity contribution in [3.63, 3.8) is 0 Å². The van der Waals surface area contributed by atoms with Crippen molar-refractivity contribution in [2.45, 2.75) is 5.41 Å². The number of benzene rings is 4. The van der Waals surface area contributed by atoms with E-state index in [1.807, 2.05) is 91.0 Å². The maximum absolute atomic E-state index is 10.7. The van der Waals surface area contributed by atoms with Crippen LogP contribution in [0, 0.1) is 24.0 Å². The molecular formula is C36H20N5OPt-. The van der Waals surface area contributed by atoms with Gasteiger partial charge in [0.25, 0.3) is 0 Å². The second-order valence-electron chi connectivity index (χ2n) is 9.96. The van der Waals surface area contributed by atoms with Crippen LogP contribution in [0.1, 0.15) is 27.9 Å². The van der Waals surface area contributed by atoms with E-state index in [0.717, 1.165) is 39.1 Å². The molecule has 2 heterocycles. The number of phenolic OH excluding ortho intramolecular Hbond substituents is 1. The zero-order chi connectivity index (χ0) is 28.7. The van der Waals surface area contributed by atoms with Crippen LogP contribution in [0.2, 0.25) is 0 Å². The zero-order valence-corrected chi connectivity index (χ0v) is 24.7. The average molecular weight is 734 g/mol. The number of aromatic nitrogens is 3. The molecule has 7 heteroatoms. The Hall–Kier alpha value is -5.42. The van der Waals surface area contributed by atoms with E-state index in [9.17, 15) is 10.4 Å². The van der Waals surface area contributed by atoms with E-state index in [1.165, 1.54) is 6.33 Å². The van der Waals surface area contributed by atoms with Crippen molar-refractivity contribution in [1.82, 2.24) is 15.0 Å². The number of nitriles is 1. The molecule has 0 spiro atoms. The van der Waals surface area contributed by atoms with Gasteiger partial charge in [-0.1, -0.05) is 48.5 Å². The summed E-state index contributed by atoms with van der Waals surface area (Å²) < 4.78 is 0. The molecule has 1 unspecified atom stereocenters. The van der Waals surface area contributed by atoms with Crippen LogP contribution in [0.15, 0.2) is 116 Å². The van der Waals surface area contributed by atoms with E-state index in [1.54, 1.807) is 18.3 Å². The van der Waals surface area contributed by atoms with Gasteiger partial charge in [0.2, 0.25) is 0 Å². The SMILES string of the molecule is [C-]#[N+]c1ccc2c(c1)C(c1[c-]c(-c3ccncn3)ccc1)(c1cccc(-c3ccccc3O)n1)c1cc(C#N)ccc1-2.[Pt]. The van der Waals surface area contributed by atoms with Crippen LogP contribution in [0.5, 0.6) is 5.75 Å². The van der Waals surface area contributed by atoms with Gasteiger partial charge in [-0.3, -0.25) is 9.97 Å². The molecule has 1 aliphatic rings. The maximum atomic E-state index is 10.7. The molecule has 2 aromatic heterocycles. The monoisotopic (exact) mass is 733 g/mol. The molecule has 6 nitrogen and oxygen atoms in total. The average Bonchev–Trinajstić information content (AvgIpc) is 3.35. The van der Waals surface area contributed by atoms with E-state index in [4.69, 9.17) is 11.6 Å². The number of hydrogen-bond acceptors (Lipinski definition) is 5. The van der Waals surface area contributed by atoms with Gasteiger partial charge in [-0.05, 0) is 64.3 Å². The molecule has 6 aromatic rings. The summed E-state index contributed by atoms with van der Waals surface area (Å²) in [6.07, 6.45) is 3.20. The first-order valence-corrected chi connectivity index (χ1v) is 13.3. The Bertz CT molecular complexity index is 2030. The topological polar surface area (TPSA) is 87.1 Å². The number of para-hydroxylation sites is 1. The molecular weight excluding hydrogens is 714 g/mol. The summed E-state index contributed by atoms with van der Waals surface area (Å²) in [6.45, 7) is 7.80. The predicted molar refractivity (Wildman–Crippen MR) is 159 cm³/mol. The molecule has 0 aliphatic heterocycles. The van der Waals surface area contributed by atoms with E-state index in [2.05, 4.69) is 26.9 Å². The molecule has 0 saturated heterocycles. The van der Waals surface area contributed by atoms with Crippen LogP contribution in [0.3, 0.4) is 0 Å². The molecule has 1 aliphatic carbocycles. The van der Waals surface area contributed by atoms with Gasteiger partial charge in [-0.2, -0.15) is 5.26 Å². The van der Waals surface area contributed by atoms with Crippen molar-refractivity contribution < 1.29 is 26.2 Å². The minimum atomic E-state index is -1.03. The molecule has 7 rings (SSSR count). The number of nitrogens with zero attached hydrogens (tertiary/aromatic N) is 5. The number of rotatable bonds is 4. The summed E-state index contributed by atoms with van der Waals surface area (Å²) >= 11 is 0. The van der Waals surface area contributed by atoms with Crippen molar-refractivity contribution in [3.8, 4) is 45.5 Å². The van der Waals surface area contributed by atoms with E-state index < -0.39 is 5.41 Å². The first kappa shape index (κ1) is 27.7. The first-order valence-electron chi connectivity index (χ1n) is 13.3. The third kappa shape index (κ3) is 4.41. The van der Waals surface area contributed by atoms with Crippen LogP contribution in [0.4, 0.5) is 5.69 Å². The number of phenols is 1. The number of hydrogen-bond donors (Lipinski definition) is 1. The smallest absolute Gasteiger partial charge is 0.187 e. The first-order chi connectivity index (χ1) is 20.6. The summed E-state index contributed by atoms with van der Waals surface area (Å²) in [5.74, 6) is 0.128. The fourth-order valence-electron chi connectivity index (χ4n) is 5.93. The van der Waals surface area contributed by atoms with Gasteiger partial charge >= 0.3 is 0 Å². The van der Waals surface area contributed by atoms with Gasteiger partial charge in [-0.25, -0.2) is 9.83 Å². The Balaban J connectivity index is 0.00000329. The van der Waals surface area contributed by atoms with Crippen LogP contribution < -0.4 is 0 Å². The predicted octanol–water partition coefficient (Wildman–Crippen LogP) is 7.49. The molecule has 0 amide bonds. The van der Waals surface area contributed by atoms with Gasteiger partial charge in [0.05, 0.1) is 35.0 Å². The Morgan fingerprint density at radius 2 is 1.60 bits per heavy atom. The van der Waals surface area contributed by atoms with Gasteiger partial charge in [0.15, 0.2) is 5.69 Å². The van der Waals surface area contributed by atoms with Crippen LogP contribution >= 0.6 is 0 Å². The van der Waals surface area contributed by atoms with Gasteiger partial charge in [-0.15, -0.1) is 35.4 Å². The minimum Gasteiger partial charge on any atom is -0.507 e. The molecule has 1 N–H and O–H groups in total. The second kappa shape index (κ2) is 11.1. The third-order valence-electron chi connectivity index (χ3n) is 7.75. The molecule has 0 saturated carbocycles. The van der Waals surface area contributed by atoms with E-state index in [-0.39, 0.29) is 26.8 Å². The quantitative estimate of drug-likeness (QED) is 0.190.